The molecule has 0 spiro atoms. The highest BCUT2D eigenvalue weighted by atomic mass is 35.5. The van der Waals surface area contributed by atoms with Crippen molar-refractivity contribution in [3.05, 3.63) is 65.2 Å². The average Bonchev–Trinajstić information content (AvgIpc) is 3.28. The number of H-pyrrole nitrogens is 1. The second-order valence-electron chi connectivity index (χ2n) is 8.88. The van der Waals surface area contributed by atoms with Crippen molar-refractivity contribution in [1.82, 2.24) is 14.9 Å². The van der Waals surface area contributed by atoms with Crippen molar-refractivity contribution in [2.75, 3.05) is 6.54 Å². The van der Waals surface area contributed by atoms with Crippen molar-refractivity contribution in [3.63, 3.8) is 0 Å². The number of alkyl halides is 2. The second-order valence-corrected chi connectivity index (χ2v) is 9.15. The molecule has 0 saturated heterocycles. The highest BCUT2D eigenvalue weighted by molar-refractivity contribution is 6.16. The number of hydrogen-bond acceptors (Lipinski definition) is 3. The minimum absolute atomic E-state index is 0.0910. The molecule has 0 fully saturated rings. The summed E-state index contributed by atoms with van der Waals surface area (Å²) in [5, 5.41) is 1.25. The Bertz CT molecular complexity index is 1220. The number of para-hydroxylation sites is 1. The highest BCUT2D eigenvalue weighted by Crippen LogP contribution is 2.42. The normalized spacial score (nSPS) is 20.2. The van der Waals surface area contributed by atoms with Crippen LogP contribution < -0.4 is 0 Å². The molecule has 5 rings (SSSR count). The van der Waals surface area contributed by atoms with Crippen molar-refractivity contribution in [3.8, 4) is 0 Å². The first-order valence-electron chi connectivity index (χ1n) is 10.3. The lowest BCUT2D eigenvalue weighted by molar-refractivity contribution is 0.0668. The van der Waals surface area contributed by atoms with Crippen molar-refractivity contribution >= 4 is 33.6 Å². The van der Waals surface area contributed by atoms with Crippen LogP contribution in [0, 0.1) is 0 Å². The molecule has 2 aromatic heterocycles. The van der Waals surface area contributed by atoms with E-state index in [-0.39, 0.29) is 18.0 Å². The molecule has 0 aliphatic carbocycles. The summed E-state index contributed by atoms with van der Waals surface area (Å²) in [6.07, 6.45) is 0.883. The van der Waals surface area contributed by atoms with Gasteiger partial charge in [0, 0.05) is 29.2 Å². The number of nitrogens with one attached hydrogen (secondary N) is 1. The van der Waals surface area contributed by atoms with Gasteiger partial charge in [-0.2, -0.15) is 0 Å². The molecule has 1 aliphatic rings. The number of nitrogens with zero attached hydrogens (tertiary/aromatic N) is 2. The van der Waals surface area contributed by atoms with Gasteiger partial charge in [0.1, 0.15) is 11.2 Å². The molecule has 0 bridgehead atoms. The van der Waals surface area contributed by atoms with Gasteiger partial charge in [-0.3, -0.25) is 4.90 Å². The van der Waals surface area contributed by atoms with Crippen LogP contribution >= 0.6 is 11.6 Å². The van der Waals surface area contributed by atoms with Crippen LogP contribution in [0.5, 0.6) is 0 Å². The van der Waals surface area contributed by atoms with Crippen LogP contribution in [-0.4, -0.2) is 33.1 Å². The minimum atomic E-state index is -1.31. The van der Waals surface area contributed by atoms with Gasteiger partial charge < -0.3 is 9.40 Å². The predicted octanol–water partition coefficient (Wildman–Crippen LogP) is 6.13. The van der Waals surface area contributed by atoms with Gasteiger partial charge in [0.2, 0.25) is 5.89 Å². The maximum absolute atomic E-state index is 14.8. The van der Waals surface area contributed by atoms with E-state index in [2.05, 4.69) is 46.1 Å². The molecule has 3 heterocycles. The number of aromatic nitrogens is 2. The van der Waals surface area contributed by atoms with Crippen LogP contribution in [0.4, 0.5) is 4.39 Å². The molecule has 4 nitrogen and oxygen atoms in total. The zero-order valence-electron chi connectivity index (χ0n) is 17.4. The molecule has 0 saturated carbocycles. The number of halogens is 2. The molecule has 4 aromatic rings. The number of fused-ring (bicyclic) bond motifs is 4. The van der Waals surface area contributed by atoms with E-state index in [4.69, 9.17) is 16.0 Å². The number of benzene rings is 2. The minimum Gasteiger partial charge on any atom is -0.439 e. The lowest BCUT2D eigenvalue weighted by atomic mass is 9.87. The van der Waals surface area contributed by atoms with Crippen LogP contribution in [0.1, 0.15) is 49.5 Å². The third-order valence-electron chi connectivity index (χ3n) is 5.96. The Morgan fingerprint density at radius 1 is 1.27 bits per heavy atom. The van der Waals surface area contributed by atoms with Crippen molar-refractivity contribution in [2.45, 2.75) is 50.8 Å². The Labute approximate surface area is 180 Å². The second kappa shape index (κ2) is 7.10. The quantitative estimate of drug-likeness (QED) is 0.400. The Balaban J connectivity index is 1.70. The van der Waals surface area contributed by atoms with E-state index in [0.717, 1.165) is 28.7 Å². The van der Waals surface area contributed by atoms with E-state index in [1.165, 1.54) is 10.9 Å². The molecule has 0 unspecified atom stereocenters. The summed E-state index contributed by atoms with van der Waals surface area (Å²) in [6, 6.07) is 14.5. The van der Waals surface area contributed by atoms with Gasteiger partial charge in [0.05, 0.1) is 11.9 Å². The lowest BCUT2D eigenvalue weighted by Crippen LogP contribution is -2.47. The Morgan fingerprint density at radius 2 is 2.07 bits per heavy atom. The van der Waals surface area contributed by atoms with Crippen molar-refractivity contribution < 1.29 is 8.81 Å². The van der Waals surface area contributed by atoms with Gasteiger partial charge >= 0.3 is 0 Å². The van der Waals surface area contributed by atoms with Crippen LogP contribution in [0.2, 0.25) is 0 Å². The molecule has 0 amide bonds. The summed E-state index contributed by atoms with van der Waals surface area (Å²) in [4.78, 5) is 10.4. The van der Waals surface area contributed by atoms with Crippen molar-refractivity contribution in [1.29, 1.82) is 0 Å². The summed E-state index contributed by atoms with van der Waals surface area (Å²) in [5.41, 5.74) is 4.83. The molecule has 1 N–H and O–H groups in total. The molecule has 30 heavy (non-hydrogen) atoms. The summed E-state index contributed by atoms with van der Waals surface area (Å²) in [7, 11) is 0. The van der Waals surface area contributed by atoms with Gasteiger partial charge in [0.25, 0.3) is 0 Å². The third kappa shape index (κ3) is 3.30. The first kappa shape index (κ1) is 19.6. The topological polar surface area (TPSA) is 45.1 Å². The summed E-state index contributed by atoms with van der Waals surface area (Å²) in [6.45, 7) is 5.82. The maximum Gasteiger partial charge on any atom is 0.210 e. The highest BCUT2D eigenvalue weighted by Gasteiger charge is 2.38. The fraction of sp³-hybridized carbons (Fsp3) is 0.375. The van der Waals surface area contributed by atoms with Crippen LogP contribution in [0.15, 0.2) is 46.9 Å². The van der Waals surface area contributed by atoms with E-state index in [0.29, 0.717) is 18.0 Å². The van der Waals surface area contributed by atoms with Crippen LogP contribution in [-0.2, 0) is 12.3 Å². The fourth-order valence-electron chi connectivity index (χ4n) is 4.77. The van der Waals surface area contributed by atoms with Gasteiger partial charge in [0.15, 0.2) is 5.58 Å². The largest absolute Gasteiger partial charge is 0.439 e. The first-order chi connectivity index (χ1) is 14.3. The number of hydrogen-bond donors (Lipinski definition) is 1. The van der Waals surface area contributed by atoms with E-state index in [1.54, 1.807) is 13.8 Å². The van der Waals surface area contributed by atoms with E-state index in [9.17, 15) is 4.39 Å². The van der Waals surface area contributed by atoms with Crippen molar-refractivity contribution in [2.24, 2.45) is 0 Å². The van der Waals surface area contributed by atoms with E-state index < -0.39 is 5.67 Å². The van der Waals surface area contributed by atoms with Gasteiger partial charge in [-0.05, 0) is 56.5 Å². The fourth-order valence-corrected chi connectivity index (χ4v) is 4.88. The molecule has 2 aromatic carbocycles. The number of oxazole rings is 1. The molecule has 6 heteroatoms. The Morgan fingerprint density at radius 3 is 2.83 bits per heavy atom. The molecule has 1 aliphatic heterocycles. The lowest BCUT2D eigenvalue weighted by Gasteiger charge is -2.43. The monoisotopic (exact) mass is 425 g/mol. The summed E-state index contributed by atoms with van der Waals surface area (Å²) >= 11 is 5.90. The van der Waals surface area contributed by atoms with Crippen LogP contribution in [0.25, 0.3) is 22.0 Å². The third-order valence-corrected chi connectivity index (χ3v) is 6.19. The Kier molecular flexibility index (Phi) is 4.64. The molecular weight excluding hydrogens is 401 g/mol. The standard InChI is InChI=1S/C24H25ClFN3O/c1-14-10-17-16-6-4-5-7-18(16)28-22(17)23(29(14)13-24(2,3)26)15-8-9-20-19(11-15)27-21(12-25)30-20/h4-9,11,14,23,28H,10,12-13H2,1-3H3/t14-,23-/m1/s1. The van der Waals surface area contributed by atoms with Gasteiger partial charge in [-0.1, -0.05) is 24.3 Å². The number of rotatable bonds is 4. The van der Waals surface area contributed by atoms with E-state index in [1.807, 2.05) is 18.2 Å². The van der Waals surface area contributed by atoms with E-state index >= 15 is 0 Å². The molecule has 0 radical (unpaired) electrons. The maximum atomic E-state index is 14.8. The first-order valence-corrected chi connectivity index (χ1v) is 10.9. The van der Waals surface area contributed by atoms with Crippen LogP contribution in [0.3, 0.4) is 0 Å². The molecule has 2 atom stereocenters. The number of aromatic amines is 1. The van der Waals surface area contributed by atoms with Gasteiger partial charge in [-0.15, -0.1) is 11.6 Å². The summed E-state index contributed by atoms with van der Waals surface area (Å²) < 4.78 is 20.5. The Hall–Kier alpha value is -2.37. The smallest absolute Gasteiger partial charge is 0.210 e. The zero-order valence-corrected chi connectivity index (χ0v) is 18.1. The molecular formula is C24H25ClFN3O. The summed E-state index contributed by atoms with van der Waals surface area (Å²) in [5.74, 6) is 0.743. The molecule has 156 valence electrons. The average molecular weight is 426 g/mol. The SMILES string of the molecule is C[C@@H]1Cc2c([nH]c3ccccc23)[C@@H](c2ccc3oc(CCl)nc3c2)N1CC(C)(C)F. The predicted molar refractivity (Wildman–Crippen MR) is 119 cm³/mol. The van der Waals surface area contributed by atoms with Gasteiger partial charge in [-0.25, -0.2) is 9.37 Å². The zero-order chi connectivity index (χ0) is 21.0.